The maximum absolute atomic E-state index is 11.3. The first kappa shape index (κ1) is 30.1. The molecule has 0 amide bonds. The summed E-state index contributed by atoms with van der Waals surface area (Å²) in [5.74, 6) is 1.78. The number of hydrogen-bond donors (Lipinski definition) is 2. The van der Waals surface area contributed by atoms with Gasteiger partial charge in [0.25, 0.3) is 0 Å². The van der Waals surface area contributed by atoms with E-state index in [-0.39, 0.29) is 43.5 Å². The molecular formula is C29H25Cl3NNaO5S. The molecule has 2 fully saturated rings. The Balaban J connectivity index is 0.00000194. The summed E-state index contributed by atoms with van der Waals surface area (Å²) in [6.07, 6.45) is 3.07. The van der Waals surface area contributed by atoms with Crippen molar-refractivity contribution in [3.63, 3.8) is 0 Å². The fourth-order valence-corrected chi connectivity index (χ4v) is 6.53. The Bertz CT molecular complexity index is 1560. The average Bonchev–Trinajstić information content (AvgIpc) is 3.66. The Labute approximate surface area is 273 Å². The number of nitrogens with zero attached hydrogens (tertiary/aromatic N) is 1. The van der Waals surface area contributed by atoms with Crippen molar-refractivity contribution in [3.8, 4) is 17.0 Å². The molecule has 1 aromatic heterocycles. The van der Waals surface area contributed by atoms with Crippen LogP contribution in [-0.2, 0) is 23.3 Å². The van der Waals surface area contributed by atoms with Gasteiger partial charge in [0.15, 0.2) is 11.1 Å². The van der Waals surface area contributed by atoms with Gasteiger partial charge in [-0.25, -0.2) is 4.21 Å². The molecule has 2 saturated carbocycles. The smallest absolute Gasteiger partial charge is 1.00 e. The van der Waals surface area contributed by atoms with Gasteiger partial charge in [-0.1, -0.05) is 64.2 Å². The van der Waals surface area contributed by atoms with Crippen LogP contribution in [0, 0.1) is 0 Å². The van der Waals surface area contributed by atoms with E-state index in [1.54, 1.807) is 48.5 Å². The molecule has 0 saturated heterocycles. The summed E-state index contributed by atoms with van der Waals surface area (Å²) < 4.78 is 32.3. The second kappa shape index (κ2) is 12.1. The van der Waals surface area contributed by atoms with E-state index in [1.165, 1.54) is 0 Å². The van der Waals surface area contributed by atoms with Gasteiger partial charge in [0.2, 0.25) is 0 Å². The normalized spacial score (nSPS) is 20.9. The minimum atomic E-state index is -2.01. The quantitative estimate of drug-likeness (QED) is 0.205. The Kier molecular flexibility index (Phi) is 9.08. The third-order valence-electron chi connectivity index (χ3n) is 7.51. The molecule has 0 bridgehead atoms. The summed E-state index contributed by atoms with van der Waals surface area (Å²) in [6.45, 7) is 0.197. The van der Waals surface area contributed by atoms with Gasteiger partial charge in [0, 0.05) is 17.0 Å². The van der Waals surface area contributed by atoms with Crippen molar-refractivity contribution < 1.29 is 54.1 Å². The Hall–Kier alpha value is -1.39. The van der Waals surface area contributed by atoms with Crippen LogP contribution >= 0.6 is 34.8 Å². The average molecular weight is 629 g/mol. The summed E-state index contributed by atoms with van der Waals surface area (Å²) in [5, 5.41) is 17.0. The summed E-state index contributed by atoms with van der Waals surface area (Å²) in [7, 11) is 0. The molecule has 4 aromatic rings. The third-order valence-corrected chi connectivity index (χ3v) is 9.13. The minimum absolute atomic E-state index is 0. The molecule has 0 radical (unpaired) electrons. The predicted octanol–water partition coefficient (Wildman–Crippen LogP) is 5.22. The molecule has 40 heavy (non-hydrogen) atoms. The van der Waals surface area contributed by atoms with Crippen molar-refractivity contribution in [2.75, 3.05) is 0 Å². The van der Waals surface area contributed by atoms with Gasteiger partial charge in [-0.05, 0) is 73.6 Å². The zero-order valence-electron chi connectivity index (χ0n) is 22.6. The van der Waals surface area contributed by atoms with E-state index in [1.807, 2.05) is 12.1 Å². The zero-order valence-corrected chi connectivity index (χ0v) is 26.7. The number of benzene rings is 3. The number of halogens is 3. The molecule has 11 heteroatoms. The molecule has 1 heterocycles. The van der Waals surface area contributed by atoms with Crippen LogP contribution in [0.1, 0.15) is 61.4 Å². The molecule has 1 unspecified atom stereocenters. The molecule has 2 aliphatic rings. The van der Waals surface area contributed by atoms with Crippen LogP contribution < -0.4 is 34.3 Å². The number of aliphatic hydroxyl groups is 1. The monoisotopic (exact) mass is 627 g/mol. The number of aromatic nitrogens is 1. The van der Waals surface area contributed by atoms with Crippen LogP contribution in [0.25, 0.3) is 11.3 Å². The van der Waals surface area contributed by atoms with Crippen molar-refractivity contribution in [2.24, 2.45) is 0 Å². The fraction of sp³-hybridized carbons (Fsp3) is 0.276. The van der Waals surface area contributed by atoms with Crippen LogP contribution in [0.3, 0.4) is 0 Å². The van der Waals surface area contributed by atoms with Crippen LogP contribution in [0.4, 0.5) is 0 Å². The molecule has 6 rings (SSSR count). The first-order valence-electron chi connectivity index (χ1n) is 12.5. The zero-order chi connectivity index (χ0) is 27.3. The number of rotatable bonds is 8. The van der Waals surface area contributed by atoms with Crippen molar-refractivity contribution in [2.45, 2.75) is 54.6 Å². The van der Waals surface area contributed by atoms with E-state index < -0.39 is 16.7 Å². The van der Waals surface area contributed by atoms with E-state index in [9.17, 15) is 13.9 Å². The van der Waals surface area contributed by atoms with Crippen LogP contribution in [0.15, 0.2) is 70.1 Å². The first-order valence-corrected chi connectivity index (χ1v) is 14.8. The molecule has 1 atom stereocenters. The van der Waals surface area contributed by atoms with E-state index in [2.05, 4.69) is 5.16 Å². The molecule has 204 valence electrons. The number of hydrogen-bond acceptors (Lipinski definition) is 5. The maximum atomic E-state index is 11.3. The van der Waals surface area contributed by atoms with Gasteiger partial charge in [0.05, 0.1) is 31.1 Å². The molecule has 2 aliphatic carbocycles. The van der Waals surface area contributed by atoms with Crippen molar-refractivity contribution >= 4 is 45.9 Å². The van der Waals surface area contributed by atoms with Crippen LogP contribution in [0.5, 0.6) is 5.75 Å². The molecule has 0 aliphatic heterocycles. The maximum Gasteiger partial charge on any atom is 1.00 e. The molecule has 6 nitrogen and oxygen atoms in total. The SMILES string of the molecule is O=S(O)c1ccc(C2CC(O)(c3ccc(OCc4c(-c5c(Cl)cccc5Cl)noc4C4CC4)cc3Cl)C2)cc1.[H-].[Na+]. The topological polar surface area (TPSA) is 92.8 Å². The number of ether oxygens (including phenoxy) is 1. The van der Waals surface area contributed by atoms with Crippen molar-refractivity contribution in [1.82, 2.24) is 5.16 Å². The van der Waals surface area contributed by atoms with Gasteiger partial charge in [0.1, 0.15) is 23.8 Å². The van der Waals surface area contributed by atoms with E-state index in [0.29, 0.717) is 61.3 Å². The summed E-state index contributed by atoms with van der Waals surface area (Å²) in [6, 6.07) is 17.5. The van der Waals surface area contributed by atoms with E-state index in [0.717, 1.165) is 29.7 Å². The largest absolute Gasteiger partial charge is 1.00 e. The Morgan fingerprint density at radius 2 is 1.68 bits per heavy atom. The second-order valence-corrected chi connectivity index (χ2v) is 12.3. The Morgan fingerprint density at radius 1 is 1.00 bits per heavy atom. The van der Waals surface area contributed by atoms with Crippen LogP contribution in [0.2, 0.25) is 15.1 Å². The fourth-order valence-electron chi connectivity index (χ4n) is 5.23. The Morgan fingerprint density at radius 3 is 2.27 bits per heavy atom. The van der Waals surface area contributed by atoms with Crippen LogP contribution in [-0.4, -0.2) is 19.0 Å². The molecule has 0 spiro atoms. The van der Waals surface area contributed by atoms with Crippen molar-refractivity contribution in [1.29, 1.82) is 0 Å². The van der Waals surface area contributed by atoms with Gasteiger partial charge in [-0.15, -0.1) is 0 Å². The molecule has 3 aromatic carbocycles. The minimum Gasteiger partial charge on any atom is -1.00 e. The molecular weight excluding hydrogens is 604 g/mol. The summed E-state index contributed by atoms with van der Waals surface area (Å²) in [4.78, 5) is 0.351. The molecule has 2 N–H and O–H groups in total. The van der Waals surface area contributed by atoms with E-state index >= 15 is 0 Å². The second-order valence-electron chi connectivity index (χ2n) is 10.1. The standard InChI is InChI=1S/C29H24Cl3NO5S.Na.H/c30-23-2-1-3-24(31)26(23)27-21(28(38-33-27)17-4-5-17)15-37-19-8-11-22(25(32)12-19)29(34)13-18(14-29)16-6-9-20(10-7-16)39(35)36;;/h1-3,6-12,17-18,34H,4-5,13-15H2,(H,35,36);;/q;+1;-1. The van der Waals surface area contributed by atoms with Gasteiger partial charge in [-0.3, -0.25) is 0 Å². The summed E-state index contributed by atoms with van der Waals surface area (Å²) >= 11 is 17.5. The first-order chi connectivity index (χ1) is 18.7. The summed E-state index contributed by atoms with van der Waals surface area (Å²) in [5.41, 5.74) is 2.60. The van der Waals surface area contributed by atoms with Crippen molar-refractivity contribution in [3.05, 3.63) is 98.2 Å². The third kappa shape index (κ3) is 5.91. The van der Waals surface area contributed by atoms with Gasteiger partial charge >= 0.3 is 29.6 Å². The predicted molar refractivity (Wildman–Crippen MR) is 152 cm³/mol. The van der Waals surface area contributed by atoms with Gasteiger partial charge in [-0.2, -0.15) is 0 Å². The van der Waals surface area contributed by atoms with Gasteiger partial charge < -0.3 is 20.3 Å². The van der Waals surface area contributed by atoms with E-state index in [4.69, 9.17) is 44.1 Å².